The van der Waals surface area contributed by atoms with E-state index < -0.39 is 0 Å². The predicted molar refractivity (Wildman–Crippen MR) is 69.3 cm³/mol. The van der Waals surface area contributed by atoms with E-state index in [1.807, 2.05) is 36.4 Å². The van der Waals surface area contributed by atoms with Crippen LogP contribution in [-0.4, -0.2) is 12.1 Å². The minimum Gasteiger partial charge on any atom is -0.497 e. The Morgan fingerprint density at radius 2 is 2.11 bits per heavy atom. The molecule has 0 fully saturated rings. The van der Waals surface area contributed by atoms with Gasteiger partial charge in [-0.05, 0) is 29.8 Å². The van der Waals surface area contributed by atoms with Crippen LogP contribution in [0.25, 0.3) is 0 Å². The summed E-state index contributed by atoms with van der Waals surface area (Å²) in [6.07, 6.45) is 0. The number of rotatable bonds is 4. The Hall–Kier alpha value is -2.54. The van der Waals surface area contributed by atoms with Crippen molar-refractivity contribution in [3.05, 3.63) is 53.7 Å². The molecular weight excluding hydrogens is 226 g/mol. The highest BCUT2D eigenvalue weighted by atomic mass is 16.5. The summed E-state index contributed by atoms with van der Waals surface area (Å²) in [5, 5.41) is 11.9. The first-order valence-corrected chi connectivity index (χ1v) is 5.56. The van der Waals surface area contributed by atoms with E-state index in [4.69, 9.17) is 10.00 Å². The van der Waals surface area contributed by atoms with Gasteiger partial charge in [0.1, 0.15) is 23.3 Å². The molecule has 0 radical (unpaired) electrons. The molecule has 0 unspecified atom stereocenters. The van der Waals surface area contributed by atoms with E-state index in [0.717, 1.165) is 11.3 Å². The summed E-state index contributed by atoms with van der Waals surface area (Å²) >= 11 is 0. The van der Waals surface area contributed by atoms with Crippen molar-refractivity contribution in [2.45, 2.75) is 6.54 Å². The lowest BCUT2D eigenvalue weighted by Crippen LogP contribution is -2.02. The van der Waals surface area contributed by atoms with Gasteiger partial charge in [-0.1, -0.05) is 18.2 Å². The van der Waals surface area contributed by atoms with Crippen LogP contribution >= 0.6 is 0 Å². The van der Waals surface area contributed by atoms with Gasteiger partial charge in [-0.25, -0.2) is 4.98 Å². The monoisotopic (exact) mass is 239 g/mol. The molecule has 0 spiro atoms. The minimum atomic E-state index is 0.408. The molecule has 2 rings (SSSR count). The molecule has 0 amide bonds. The lowest BCUT2D eigenvalue weighted by molar-refractivity contribution is 0.414. The molecule has 18 heavy (non-hydrogen) atoms. The van der Waals surface area contributed by atoms with Crippen molar-refractivity contribution >= 4 is 5.82 Å². The molecule has 1 N–H and O–H groups in total. The molecule has 1 aromatic carbocycles. The van der Waals surface area contributed by atoms with E-state index in [1.165, 1.54) is 0 Å². The maximum Gasteiger partial charge on any atom is 0.142 e. The highest BCUT2D eigenvalue weighted by molar-refractivity contribution is 5.40. The number of methoxy groups -OCH3 is 1. The number of hydrogen-bond acceptors (Lipinski definition) is 4. The molecule has 1 heterocycles. The topological polar surface area (TPSA) is 57.9 Å². The molecule has 0 bridgehead atoms. The van der Waals surface area contributed by atoms with Crippen molar-refractivity contribution in [3.8, 4) is 11.8 Å². The van der Waals surface area contributed by atoms with E-state index >= 15 is 0 Å². The summed E-state index contributed by atoms with van der Waals surface area (Å²) in [4.78, 5) is 4.15. The highest BCUT2D eigenvalue weighted by Gasteiger charge is 1.98. The standard InChI is InChI=1S/C14H13N3O/c1-18-13-6-2-4-11(8-13)10-16-14-7-3-5-12(9-15)17-14/h2-8H,10H2,1H3,(H,16,17). The van der Waals surface area contributed by atoms with Crippen molar-refractivity contribution in [1.82, 2.24) is 4.98 Å². The third-order valence-corrected chi connectivity index (χ3v) is 2.47. The van der Waals surface area contributed by atoms with Gasteiger partial charge in [-0.3, -0.25) is 0 Å². The number of nitriles is 1. The smallest absolute Gasteiger partial charge is 0.142 e. The third-order valence-electron chi connectivity index (χ3n) is 2.47. The first-order valence-electron chi connectivity index (χ1n) is 5.56. The number of aromatic nitrogens is 1. The molecule has 0 atom stereocenters. The zero-order valence-corrected chi connectivity index (χ0v) is 10.1. The van der Waals surface area contributed by atoms with Crippen LogP contribution in [0.4, 0.5) is 5.82 Å². The fourth-order valence-corrected chi connectivity index (χ4v) is 1.57. The van der Waals surface area contributed by atoms with Crippen LogP contribution in [0.5, 0.6) is 5.75 Å². The number of anilines is 1. The fraction of sp³-hybridized carbons (Fsp3) is 0.143. The second-order valence-corrected chi connectivity index (χ2v) is 3.72. The molecule has 4 nitrogen and oxygen atoms in total. The molecule has 0 saturated carbocycles. The van der Waals surface area contributed by atoms with Gasteiger partial charge in [-0.2, -0.15) is 5.26 Å². The molecule has 0 aliphatic carbocycles. The molecule has 4 heteroatoms. The summed E-state index contributed by atoms with van der Waals surface area (Å²) in [5.41, 5.74) is 1.50. The van der Waals surface area contributed by atoms with Gasteiger partial charge < -0.3 is 10.1 Å². The van der Waals surface area contributed by atoms with Crippen molar-refractivity contribution in [2.75, 3.05) is 12.4 Å². The molecule has 0 saturated heterocycles. The van der Waals surface area contributed by atoms with Gasteiger partial charge in [0.15, 0.2) is 0 Å². The fourth-order valence-electron chi connectivity index (χ4n) is 1.57. The van der Waals surface area contributed by atoms with Gasteiger partial charge in [0.2, 0.25) is 0 Å². The Bertz CT molecular complexity index is 575. The Morgan fingerprint density at radius 1 is 1.28 bits per heavy atom. The minimum absolute atomic E-state index is 0.408. The van der Waals surface area contributed by atoms with Gasteiger partial charge in [0, 0.05) is 6.54 Å². The Balaban J connectivity index is 2.04. The molecule has 2 aromatic rings. The summed E-state index contributed by atoms with van der Waals surface area (Å²) in [6, 6.07) is 15.1. The summed E-state index contributed by atoms with van der Waals surface area (Å²) in [6.45, 7) is 0.638. The summed E-state index contributed by atoms with van der Waals surface area (Å²) in [7, 11) is 1.64. The predicted octanol–water partition coefficient (Wildman–Crippen LogP) is 2.57. The Labute approximate surface area is 106 Å². The van der Waals surface area contributed by atoms with Crippen molar-refractivity contribution in [2.24, 2.45) is 0 Å². The Morgan fingerprint density at radius 3 is 2.89 bits per heavy atom. The zero-order chi connectivity index (χ0) is 12.8. The van der Waals surface area contributed by atoms with Gasteiger partial charge in [0.25, 0.3) is 0 Å². The molecule has 90 valence electrons. The van der Waals surface area contributed by atoms with Crippen molar-refractivity contribution < 1.29 is 4.74 Å². The van der Waals surface area contributed by atoms with Crippen molar-refractivity contribution in [1.29, 1.82) is 5.26 Å². The zero-order valence-electron chi connectivity index (χ0n) is 10.1. The molecule has 0 aliphatic rings. The van der Waals surface area contributed by atoms with Crippen LogP contribution in [0.1, 0.15) is 11.3 Å². The normalized spacial score (nSPS) is 9.56. The number of nitrogens with one attached hydrogen (secondary N) is 1. The van der Waals surface area contributed by atoms with Gasteiger partial charge in [-0.15, -0.1) is 0 Å². The lowest BCUT2D eigenvalue weighted by Gasteiger charge is -2.07. The average molecular weight is 239 g/mol. The number of hydrogen-bond donors (Lipinski definition) is 1. The second-order valence-electron chi connectivity index (χ2n) is 3.72. The van der Waals surface area contributed by atoms with E-state index in [2.05, 4.69) is 10.3 Å². The van der Waals surface area contributed by atoms with Crippen LogP contribution in [-0.2, 0) is 6.54 Å². The second kappa shape index (κ2) is 5.69. The summed E-state index contributed by atoms with van der Waals surface area (Å²) in [5.74, 6) is 1.52. The highest BCUT2D eigenvalue weighted by Crippen LogP contribution is 2.14. The Kier molecular flexibility index (Phi) is 3.77. The number of nitrogens with zero attached hydrogens (tertiary/aromatic N) is 2. The summed E-state index contributed by atoms with van der Waals surface area (Å²) < 4.78 is 5.16. The molecule has 1 aromatic heterocycles. The number of pyridine rings is 1. The van der Waals surface area contributed by atoms with E-state index in [0.29, 0.717) is 18.1 Å². The van der Waals surface area contributed by atoms with E-state index in [-0.39, 0.29) is 0 Å². The van der Waals surface area contributed by atoms with Gasteiger partial charge in [0.05, 0.1) is 7.11 Å². The van der Waals surface area contributed by atoms with Crippen LogP contribution in [0, 0.1) is 11.3 Å². The van der Waals surface area contributed by atoms with Crippen molar-refractivity contribution in [3.63, 3.8) is 0 Å². The van der Waals surface area contributed by atoms with E-state index in [1.54, 1.807) is 19.2 Å². The van der Waals surface area contributed by atoms with Crippen LogP contribution in [0.3, 0.4) is 0 Å². The average Bonchev–Trinajstić information content (AvgIpc) is 2.45. The van der Waals surface area contributed by atoms with E-state index in [9.17, 15) is 0 Å². The number of ether oxygens (including phenoxy) is 1. The van der Waals surface area contributed by atoms with Crippen LogP contribution in [0.2, 0.25) is 0 Å². The van der Waals surface area contributed by atoms with Gasteiger partial charge >= 0.3 is 0 Å². The first kappa shape index (κ1) is 11.9. The number of benzene rings is 1. The lowest BCUT2D eigenvalue weighted by atomic mass is 10.2. The maximum absolute atomic E-state index is 8.76. The maximum atomic E-state index is 8.76. The first-order chi connectivity index (χ1) is 8.81. The quantitative estimate of drug-likeness (QED) is 0.890. The largest absolute Gasteiger partial charge is 0.497 e. The molecule has 0 aliphatic heterocycles. The van der Waals surface area contributed by atoms with Crippen LogP contribution < -0.4 is 10.1 Å². The molecular formula is C14H13N3O. The third kappa shape index (κ3) is 2.98. The van der Waals surface area contributed by atoms with Crippen LogP contribution in [0.15, 0.2) is 42.5 Å². The SMILES string of the molecule is COc1cccc(CNc2cccc(C#N)n2)c1.